The van der Waals surface area contributed by atoms with Crippen LogP contribution in [0.25, 0.3) is 0 Å². The second-order valence-corrected chi connectivity index (χ2v) is 5.23. The number of thioether (sulfide) groups is 1. The molecule has 0 saturated carbocycles. The zero-order valence-electron chi connectivity index (χ0n) is 11.0. The molecule has 1 rings (SSSR count). The molecule has 0 saturated heterocycles. The Kier molecular flexibility index (Phi) is 4.35. The molecule has 1 aromatic rings. The molecule has 0 aliphatic carbocycles. The molecule has 8 heteroatoms. The maximum atomic E-state index is 12.1. The zero-order chi connectivity index (χ0) is 14.8. The van der Waals surface area contributed by atoms with Crippen LogP contribution in [0.1, 0.15) is 29.9 Å². The normalized spacial score (nSPS) is 11.2. The van der Waals surface area contributed by atoms with Crippen molar-refractivity contribution in [3.8, 4) is 0 Å². The third kappa shape index (κ3) is 3.34. The average molecular weight is 285 g/mol. The molecule has 0 unspecified atom stereocenters. The van der Waals surface area contributed by atoms with E-state index in [1.165, 1.54) is 13.8 Å². The number of aryl methyl sites for hydroxylation is 1. The van der Waals surface area contributed by atoms with Crippen LogP contribution in [0.3, 0.4) is 0 Å². The molecule has 0 bridgehead atoms. The van der Waals surface area contributed by atoms with Crippen molar-refractivity contribution in [1.29, 1.82) is 0 Å². The van der Waals surface area contributed by atoms with Crippen LogP contribution in [0.4, 0.5) is 0 Å². The topological polar surface area (TPSA) is 112 Å². The van der Waals surface area contributed by atoms with Crippen molar-refractivity contribution >= 4 is 23.6 Å². The molecule has 1 amide bonds. The van der Waals surface area contributed by atoms with Gasteiger partial charge >= 0.3 is 11.7 Å². The fourth-order valence-electron chi connectivity index (χ4n) is 1.37. The van der Waals surface area contributed by atoms with E-state index in [0.717, 1.165) is 11.8 Å². The zero-order valence-corrected chi connectivity index (χ0v) is 11.8. The van der Waals surface area contributed by atoms with Gasteiger partial charge in [0.05, 0.1) is 5.56 Å². The largest absolute Gasteiger partial charge is 0.480 e. The summed E-state index contributed by atoms with van der Waals surface area (Å²) in [6.07, 6.45) is 1.68. The van der Waals surface area contributed by atoms with Gasteiger partial charge in [-0.25, -0.2) is 9.59 Å². The molecular weight excluding hydrogens is 270 g/mol. The SMILES string of the molecule is CSc1nc(=O)[nH]c(C)c1C(=O)NC(C)(C)C(=O)O. The van der Waals surface area contributed by atoms with E-state index in [0.29, 0.717) is 5.69 Å². The van der Waals surface area contributed by atoms with Crippen LogP contribution in [-0.2, 0) is 4.79 Å². The Morgan fingerprint density at radius 3 is 2.47 bits per heavy atom. The van der Waals surface area contributed by atoms with Crippen LogP contribution in [0.5, 0.6) is 0 Å². The van der Waals surface area contributed by atoms with E-state index < -0.39 is 23.1 Å². The number of nitrogens with zero attached hydrogens (tertiary/aromatic N) is 1. The van der Waals surface area contributed by atoms with Crippen molar-refractivity contribution < 1.29 is 14.7 Å². The second-order valence-electron chi connectivity index (χ2n) is 4.44. The lowest BCUT2D eigenvalue weighted by molar-refractivity contribution is -0.143. The molecule has 0 aromatic carbocycles. The summed E-state index contributed by atoms with van der Waals surface area (Å²) < 4.78 is 0. The number of rotatable bonds is 4. The van der Waals surface area contributed by atoms with Crippen molar-refractivity contribution in [1.82, 2.24) is 15.3 Å². The molecule has 0 aliphatic rings. The fourth-order valence-corrected chi connectivity index (χ4v) is 2.00. The number of hydrogen-bond acceptors (Lipinski definition) is 5. The van der Waals surface area contributed by atoms with Gasteiger partial charge in [0.2, 0.25) is 0 Å². The van der Waals surface area contributed by atoms with Gasteiger partial charge in [0, 0.05) is 5.69 Å². The number of carbonyl (C=O) groups is 2. The monoisotopic (exact) mass is 285 g/mol. The van der Waals surface area contributed by atoms with E-state index in [-0.39, 0.29) is 10.6 Å². The van der Waals surface area contributed by atoms with Gasteiger partial charge in [-0.3, -0.25) is 4.79 Å². The summed E-state index contributed by atoms with van der Waals surface area (Å²) in [5.41, 5.74) is -1.42. The van der Waals surface area contributed by atoms with Crippen molar-refractivity contribution in [2.75, 3.05) is 6.26 Å². The first-order chi connectivity index (χ1) is 8.69. The van der Waals surface area contributed by atoms with Crippen molar-refractivity contribution in [2.24, 2.45) is 0 Å². The Labute approximate surface area is 113 Å². The van der Waals surface area contributed by atoms with Gasteiger partial charge in [0.15, 0.2) is 0 Å². The summed E-state index contributed by atoms with van der Waals surface area (Å²) in [6, 6.07) is 0. The molecule has 0 radical (unpaired) electrons. The number of hydrogen-bond donors (Lipinski definition) is 3. The summed E-state index contributed by atoms with van der Waals surface area (Å²) in [6.45, 7) is 4.31. The summed E-state index contributed by atoms with van der Waals surface area (Å²) in [5.74, 6) is -1.74. The number of nitrogens with one attached hydrogen (secondary N) is 2. The molecule has 1 heterocycles. The lowest BCUT2D eigenvalue weighted by atomic mass is 10.1. The number of H-pyrrole nitrogens is 1. The lowest BCUT2D eigenvalue weighted by Gasteiger charge is -2.21. The van der Waals surface area contributed by atoms with Gasteiger partial charge < -0.3 is 15.4 Å². The van der Waals surface area contributed by atoms with E-state index in [4.69, 9.17) is 5.11 Å². The van der Waals surface area contributed by atoms with E-state index >= 15 is 0 Å². The first-order valence-electron chi connectivity index (χ1n) is 5.40. The van der Waals surface area contributed by atoms with Crippen LogP contribution in [0.2, 0.25) is 0 Å². The number of carbonyl (C=O) groups excluding carboxylic acids is 1. The summed E-state index contributed by atoms with van der Waals surface area (Å²) in [7, 11) is 0. The Balaban J connectivity index is 3.21. The minimum Gasteiger partial charge on any atom is -0.480 e. The van der Waals surface area contributed by atoms with Crippen LogP contribution < -0.4 is 11.0 Å². The first kappa shape index (κ1) is 15.2. The Morgan fingerprint density at radius 2 is 2.00 bits per heavy atom. The molecule has 0 aliphatic heterocycles. The molecule has 0 spiro atoms. The first-order valence-corrected chi connectivity index (χ1v) is 6.62. The lowest BCUT2D eigenvalue weighted by Crippen LogP contribution is -2.50. The highest BCUT2D eigenvalue weighted by Crippen LogP contribution is 2.18. The van der Waals surface area contributed by atoms with Gasteiger partial charge in [-0.05, 0) is 27.0 Å². The maximum Gasteiger partial charge on any atom is 0.346 e. The molecule has 1 aromatic heterocycles. The minimum absolute atomic E-state index is 0.182. The fraction of sp³-hybridized carbons (Fsp3) is 0.455. The Bertz CT molecular complexity index is 580. The van der Waals surface area contributed by atoms with E-state index in [1.807, 2.05) is 0 Å². The van der Waals surface area contributed by atoms with Crippen molar-refractivity contribution in [3.05, 3.63) is 21.7 Å². The van der Waals surface area contributed by atoms with Crippen LogP contribution >= 0.6 is 11.8 Å². The number of aliphatic carboxylic acids is 1. The molecule has 3 N–H and O–H groups in total. The second kappa shape index (κ2) is 5.43. The molecule has 0 atom stereocenters. The molecule has 104 valence electrons. The van der Waals surface area contributed by atoms with Gasteiger partial charge in [0.1, 0.15) is 10.6 Å². The highest BCUT2D eigenvalue weighted by Gasteiger charge is 2.31. The predicted molar refractivity (Wildman–Crippen MR) is 70.6 cm³/mol. The van der Waals surface area contributed by atoms with Crippen LogP contribution in [-0.4, -0.2) is 38.7 Å². The van der Waals surface area contributed by atoms with Crippen LogP contribution in [0, 0.1) is 6.92 Å². The van der Waals surface area contributed by atoms with Crippen LogP contribution in [0.15, 0.2) is 9.82 Å². The maximum absolute atomic E-state index is 12.1. The molecule has 0 fully saturated rings. The highest BCUT2D eigenvalue weighted by atomic mass is 32.2. The molecular formula is C11H15N3O4S. The standard InChI is InChI=1S/C11H15N3O4S/c1-5-6(8(19-4)13-10(18)12-5)7(15)14-11(2,3)9(16)17/h1-4H3,(H,14,15)(H,16,17)(H,12,13,18). The van der Waals surface area contributed by atoms with E-state index in [1.54, 1.807) is 13.2 Å². The average Bonchev–Trinajstić information content (AvgIpc) is 2.26. The minimum atomic E-state index is -1.41. The quantitative estimate of drug-likeness (QED) is 0.545. The van der Waals surface area contributed by atoms with Gasteiger partial charge in [-0.1, -0.05) is 0 Å². The number of aromatic amines is 1. The third-order valence-electron chi connectivity index (χ3n) is 2.47. The van der Waals surface area contributed by atoms with E-state index in [2.05, 4.69) is 15.3 Å². The summed E-state index contributed by atoms with van der Waals surface area (Å²) in [4.78, 5) is 40.5. The third-order valence-corrected chi connectivity index (χ3v) is 3.15. The van der Waals surface area contributed by atoms with Crippen molar-refractivity contribution in [2.45, 2.75) is 31.3 Å². The number of aromatic nitrogens is 2. The summed E-state index contributed by atoms with van der Waals surface area (Å²) in [5, 5.41) is 11.6. The molecule has 7 nitrogen and oxygen atoms in total. The molecule has 19 heavy (non-hydrogen) atoms. The van der Waals surface area contributed by atoms with Gasteiger partial charge in [-0.15, -0.1) is 11.8 Å². The van der Waals surface area contributed by atoms with Gasteiger partial charge in [-0.2, -0.15) is 4.98 Å². The van der Waals surface area contributed by atoms with Gasteiger partial charge in [0.25, 0.3) is 5.91 Å². The Hall–Kier alpha value is -1.83. The number of amides is 1. The van der Waals surface area contributed by atoms with E-state index in [9.17, 15) is 14.4 Å². The Morgan fingerprint density at radius 1 is 1.42 bits per heavy atom. The summed E-state index contributed by atoms with van der Waals surface area (Å²) >= 11 is 1.15. The van der Waals surface area contributed by atoms with Crippen molar-refractivity contribution in [3.63, 3.8) is 0 Å². The highest BCUT2D eigenvalue weighted by molar-refractivity contribution is 7.98. The smallest absolute Gasteiger partial charge is 0.346 e. The number of carboxylic acid groups (broad SMARTS) is 1. The predicted octanol–water partition coefficient (Wildman–Crippen LogP) is 0.393. The number of carboxylic acids is 1.